The number of esters is 1. The van der Waals surface area contributed by atoms with Crippen LogP contribution in [0.2, 0.25) is 5.02 Å². The number of nitrogens with zero attached hydrogens (tertiary/aromatic N) is 2. The van der Waals surface area contributed by atoms with E-state index in [1.54, 1.807) is 11.6 Å². The van der Waals surface area contributed by atoms with Crippen molar-refractivity contribution in [3.05, 3.63) is 62.2 Å². The Hall–Kier alpha value is -2.85. The van der Waals surface area contributed by atoms with E-state index >= 15 is 0 Å². The topological polar surface area (TPSA) is 92.7 Å². The Kier molecular flexibility index (Phi) is 6.76. The number of allylic oxidation sites excluding steroid dienone is 1. The molecule has 2 heterocycles. The molecule has 1 aromatic carbocycles. The van der Waals surface area contributed by atoms with Gasteiger partial charge in [-0.15, -0.1) is 11.3 Å². The highest BCUT2D eigenvalue weighted by Crippen LogP contribution is 2.42. The van der Waals surface area contributed by atoms with Crippen molar-refractivity contribution in [2.75, 3.05) is 7.11 Å². The zero-order valence-electron chi connectivity index (χ0n) is 17.8. The van der Waals surface area contributed by atoms with Crippen LogP contribution in [0.3, 0.4) is 0 Å². The van der Waals surface area contributed by atoms with E-state index in [0.29, 0.717) is 29.4 Å². The molecule has 1 amide bonds. The quantitative estimate of drug-likeness (QED) is 0.486. The summed E-state index contributed by atoms with van der Waals surface area (Å²) in [5.74, 6) is -2.84. The Morgan fingerprint density at radius 3 is 2.76 bits per heavy atom. The molecule has 1 aliphatic carbocycles. The van der Waals surface area contributed by atoms with E-state index < -0.39 is 28.7 Å². The standard InChI is InChI=1S/C22H21ClF2N4O3S/c1-10(30)27-12-4-3-11(9-12)18-15(22(31)32-2)19(13-5-6-14(24)17(25)16(13)23)29-20(28-18)21-26-7-8-33-21/h5-8,11-12,19H,3-4,9H2,1-2H3,(H,27,30)(H,28,29). The number of rotatable bonds is 5. The fraction of sp³-hybridized carbons (Fsp3) is 0.364. The van der Waals surface area contributed by atoms with E-state index in [-0.39, 0.29) is 29.0 Å². The van der Waals surface area contributed by atoms with Crippen LogP contribution in [0.25, 0.3) is 0 Å². The highest BCUT2D eigenvalue weighted by Gasteiger charge is 2.39. The number of amides is 1. The van der Waals surface area contributed by atoms with E-state index in [2.05, 4.69) is 20.6 Å². The first-order valence-corrected chi connectivity index (χ1v) is 11.5. The third-order valence-electron chi connectivity index (χ3n) is 5.72. The van der Waals surface area contributed by atoms with Crippen LogP contribution in [-0.4, -0.2) is 35.8 Å². The third-order valence-corrected chi connectivity index (χ3v) is 6.89. The van der Waals surface area contributed by atoms with Crippen LogP contribution < -0.4 is 10.6 Å². The molecule has 0 radical (unpaired) electrons. The van der Waals surface area contributed by atoms with Crippen LogP contribution in [-0.2, 0) is 14.3 Å². The van der Waals surface area contributed by atoms with Crippen molar-refractivity contribution in [2.24, 2.45) is 10.9 Å². The predicted octanol–water partition coefficient (Wildman–Crippen LogP) is 3.90. The molecule has 33 heavy (non-hydrogen) atoms. The second kappa shape index (κ2) is 9.56. The average molecular weight is 495 g/mol. The Bertz CT molecular complexity index is 1150. The van der Waals surface area contributed by atoms with Crippen LogP contribution in [0.5, 0.6) is 0 Å². The van der Waals surface area contributed by atoms with E-state index in [0.717, 1.165) is 12.5 Å². The highest BCUT2D eigenvalue weighted by molar-refractivity contribution is 7.11. The minimum atomic E-state index is -1.21. The van der Waals surface area contributed by atoms with Gasteiger partial charge in [0.05, 0.1) is 17.7 Å². The largest absolute Gasteiger partial charge is 0.466 e. The minimum absolute atomic E-state index is 0.0480. The summed E-state index contributed by atoms with van der Waals surface area (Å²) in [6.07, 6.45) is 3.62. The number of hydrogen-bond acceptors (Lipinski definition) is 7. The summed E-state index contributed by atoms with van der Waals surface area (Å²) >= 11 is 7.50. The van der Waals surface area contributed by atoms with Crippen molar-refractivity contribution < 1.29 is 23.1 Å². The summed E-state index contributed by atoms with van der Waals surface area (Å²) in [7, 11) is 1.24. The first kappa shape index (κ1) is 23.3. The van der Waals surface area contributed by atoms with E-state index in [1.165, 1.54) is 31.4 Å². The van der Waals surface area contributed by atoms with Gasteiger partial charge in [-0.05, 0) is 25.3 Å². The van der Waals surface area contributed by atoms with Crippen LogP contribution in [0.1, 0.15) is 42.8 Å². The lowest BCUT2D eigenvalue weighted by Crippen LogP contribution is -2.37. The van der Waals surface area contributed by atoms with Gasteiger partial charge in [0.1, 0.15) is 6.04 Å². The molecule has 11 heteroatoms. The summed E-state index contributed by atoms with van der Waals surface area (Å²) in [6, 6.07) is 1.19. The smallest absolute Gasteiger partial charge is 0.338 e. The monoisotopic (exact) mass is 494 g/mol. The van der Waals surface area contributed by atoms with Crippen LogP contribution in [0.15, 0.2) is 40.0 Å². The third kappa shape index (κ3) is 4.63. The molecule has 174 valence electrons. The van der Waals surface area contributed by atoms with Crippen molar-refractivity contribution in [1.29, 1.82) is 0 Å². The highest BCUT2D eigenvalue weighted by atomic mass is 35.5. The van der Waals surface area contributed by atoms with Crippen molar-refractivity contribution >= 4 is 40.6 Å². The summed E-state index contributed by atoms with van der Waals surface area (Å²) in [6.45, 7) is 1.46. The summed E-state index contributed by atoms with van der Waals surface area (Å²) in [4.78, 5) is 33.4. The van der Waals surface area contributed by atoms with Gasteiger partial charge in [0.2, 0.25) is 5.91 Å². The molecule has 0 spiro atoms. The molecule has 1 fully saturated rings. The number of nitrogens with one attached hydrogen (secondary N) is 2. The second-order valence-corrected chi connectivity index (χ2v) is 9.11. The van der Waals surface area contributed by atoms with Gasteiger partial charge in [0.25, 0.3) is 0 Å². The van der Waals surface area contributed by atoms with Gasteiger partial charge in [-0.25, -0.2) is 18.6 Å². The zero-order valence-corrected chi connectivity index (χ0v) is 19.4. The van der Waals surface area contributed by atoms with Crippen molar-refractivity contribution in [3.8, 4) is 0 Å². The van der Waals surface area contributed by atoms with Crippen molar-refractivity contribution in [2.45, 2.75) is 38.3 Å². The number of aliphatic imine (C=N–C) groups is 1. The Labute approximate surface area is 197 Å². The van der Waals surface area contributed by atoms with Gasteiger partial charge < -0.3 is 15.4 Å². The molecule has 2 aliphatic rings. The maximum atomic E-state index is 14.3. The second-order valence-electron chi connectivity index (χ2n) is 7.83. The molecule has 4 rings (SSSR count). The van der Waals surface area contributed by atoms with Crippen LogP contribution in [0, 0.1) is 17.6 Å². The number of methoxy groups -OCH3 is 1. The van der Waals surface area contributed by atoms with Gasteiger partial charge in [0, 0.05) is 41.7 Å². The summed E-state index contributed by atoms with van der Waals surface area (Å²) in [5, 5.41) is 8.04. The van der Waals surface area contributed by atoms with Crippen molar-refractivity contribution in [3.63, 3.8) is 0 Å². The fourth-order valence-electron chi connectivity index (χ4n) is 4.31. The number of carbonyl (C=O) groups excluding carboxylic acids is 2. The molecule has 2 aromatic rings. The molecule has 3 unspecified atom stereocenters. The Morgan fingerprint density at radius 2 is 2.09 bits per heavy atom. The Balaban J connectivity index is 1.85. The Morgan fingerprint density at radius 1 is 1.30 bits per heavy atom. The number of carbonyl (C=O) groups is 2. The maximum absolute atomic E-state index is 14.3. The molecule has 7 nitrogen and oxygen atoms in total. The number of amidine groups is 1. The van der Waals surface area contributed by atoms with Gasteiger partial charge in [-0.1, -0.05) is 17.7 Å². The molecular weight excluding hydrogens is 474 g/mol. The lowest BCUT2D eigenvalue weighted by molar-refractivity contribution is -0.136. The van der Waals surface area contributed by atoms with Crippen molar-refractivity contribution in [1.82, 2.24) is 15.6 Å². The maximum Gasteiger partial charge on any atom is 0.338 e. The van der Waals surface area contributed by atoms with Crippen LogP contribution >= 0.6 is 22.9 Å². The van der Waals surface area contributed by atoms with Gasteiger partial charge >= 0.3 is 5.97 Å². The first-order chi connectivity index (χ1) is 15.8. The number of aromatic nitrogens is 1. The van der Waals surface area contributed by atoms with E-state index in [1.807, 2.05) is 0 Å². The molecular formula is C22H21ClF2N4O3S. The predicted molar refractivity (Wildman–Crippen MR) is 120 cm³/mol. The van der Waals surface area contributed by atoms with Gasteiger partial charge in [0.15, 0.2) is 22.5 Å². The van der Waals surface area contributed by atoms with E-state index in [4.69, 9.17) is 16.3 Å². The van der Waals surface area contributed by atoms with Gasteiger partial charge in [-0.3, -0.25) is 9.79 Å². The number of ether oxygens (including phenoxy) is 1. The number of halogens is 3. The molecule has 0 saturated heterocycles. The lowest BCUT2D eigenvalue weighted by Gasteiger charge is -2.30. The first-order valence-electron chi connectivity index (χ1n) is 10.3. The molecule has 3 atom stereocenters. The van der Waals surface area contributed by atoms with Gasteiger partial charge in [-0.2, -0.15) is 0 Å². The zero-order chi connectivity index (χ0) is 23.7. The molecule has 2 N–H and O–H groups in total. The number of thiazole rings is 1. The average Bonchev–Trinajstić information content (AvgIpc) is 3.48. The number of benzene rings is 1. The molecule has 1 aromatic heterocycles. The molecule has 1 aliphatic heterocycles. The van der Waals surface area contributed by atoms with Crippen LogP contribution in [0.4, 0.5) is 8.78 Å². The van der Waals surface area contributed by atoms with E-state index in [9.17, 15) is 18.4 Å². The summed E-state index contributed by atoms with van der Waals surface area (Å²) in [5.41, 5.74) is 0.861. The molecule has 1 saturated carbocycles. The number of hydrogen-bond donors (Lipinski definition) is 2. The normalized spacial score (nSPS) is 22.6. The minimum Gasteiger partial charge on any atom is -0.466 e. The summed E-state index contributed by atoms with van der Waals surface area (Å²) < 4.78 is 33.2. The molecule has 0 bridgehead atoms. The fourth-order valence-corrected chi connectivity index (χ4v) is 5.15. The lowest BCUT2D eigenvalue weighted by atomic mass is 9.89. The SMILES string of the molecule is COC(=O)C1=C(C2CCC(NC(C)=O)C2)NC(c2nccs2)=NC1c1ccc(F)c(F)c1Cl.